The van der Waals surface area contributed by atoms with Crippen LogP contribution in [0, 0.1) is 0 Å². The Morgan fingerprint density at radius 1 is 1.07 bits per heavy atom. The number of thiophene rings is 1. The van der Waals surface area contributed by atoms with Crippen LogP contribution in [0.15, 0.2) is 63.5 Å². The van der Waals surface area contributed by atoms with Crippen LogP contribution < -0.4 is 14.2 Å². The highest BCUT2D eigenvalue weighted by Gasteiger charge is 2.42. The number of fused-ring (bicyclic) bond motifs is 3. The normalized spacial score (nSPS) is 19.8. The van der Waals surface area contributed by atoms with Gasteiger partial charge in [-0.15, -0.1) is 11.3 Å². The van der Waals surface area contributed by atoms with Crippen LogP contribution in [0.5, 0.6) is 17.2 Å². The predicted octanol–water partition coefficient (Wildman–Crippen LogP) is 5.77. The molecular weight excluding hydrogens is 452 g/mol. The van der Waals surface area contributed by atoms with E-state index >= 15 is 0 Å². The van der Waals surface area contributed by atoms with Crippen molar-refractivity contribution in [2.45, 2.75) is 18.7 Å². The first kappa shape index (κ1) is 18.5. The minimum Gasteiger partial charge on any atom is -0.493 e. The van der Waals surface area contributed by atoms with Gasteiger partial charge in [-0.2, -0.15) is 5.10 Å². The average Bonchev–Trinajstić information content (AvgIpc) is 3.43. The van der Waals surface area contributed by atoms with Crippen molar-refractivity contribution in [3.8, 4) is 17.2 Å². The fraction of sp³-hybridized carbons (Fsp3) is 0.227. The lowest BCUT2D eigenvalue weighted by Gasteiger charge is -2.38. The number of nitrogens with zero attached hydrogens (tertiary/aromatic N) is 2. The number of hydrazone groups is 1. The lowest BCUT2D eigenvalue weighted by Crippen LogP contribution is -2.33. The van der Waals surface area contributed by atoms with Crippen molar-refractivity contribution in [2.75, 3.05) is 14.2 Å². The van der Waals surface area contributed by atoms with Crippen LogP contribution in [0.1, 0.15) is 34.7 Å². The first-order valence-electron chi connectivity index (χ1n) is 9.26. The van der Waals surface area contributed by atoms with Crippen LogP contribution in [-0.4, -0.2) is 24.9 Å². The molecule has 2 aliphatic heterocycles. The molecule has 0 bridgehead atoms. The zero-order chi connectivity index (χ0) is 20.0. The van der Waals surface area contributed by atoms with Gasteiger partial charge in [0, 0.05) is 22.0 Å². The second kappa shape index (κ2) is 7.39. The third kappa shape index (κ3) is 3.09. The molecule has 0 amide bonds. The molecule has 2 unspecified atom stereocenters. The minimum atomic E-state index is -0.374. The van der Waals surface area contributed by atoms with Gasteiger partial charge in [0.25, 0.3) is 0 Å². The van der Waals surface area contributed by atoms with E-state index in [1.807, 2.05) is 24.3 Å². The van der Waals surface area contributed by atoms with Gasteiger partial charge in [0.15, 0.2) is 11.5 Å². The second-order valence-corrected chi connectivity index (χ2v) is 8.66. The number of hydrogen-bond donors (Lipinski definition) is 0. The van der Waals surface area contributed by atoms with Gasteiger partial charge in [0.1, 0.15) is 5.75 Å². The number of halogens is 1. The van der Waals surface area contributed by atoms with Gasteiger partial charge in [-0.25, -0.2) is 5.01 Å². The van der Waals surface area contributed by atoms with Crippen LogP contribution in [0.3, 0.4) is 0 Å². The van der Waals surface area contributed by atoms with E-state index in [9.17, 15) is 0 Å². The molecule has 29 heavy (non-hydrogen) atoms. The number of ether oxygens (including phenoxy) is 3. The second-order valence-electron chi connectivity index (χ2n) is 6.86. The lowest BCUT2D eigenvalue weighted by atomic mass is 9.97. The average molecular weight is 471 g/mol. The van der Waals surface area contributed by atoms with Gasteiger partial charge in [-0.05, 0) is 29.6 Å². The van der Waals surface area contributed by atoms with Crippen molar-refractivity contribution in [3.63, 3.8) is 0 Å². The summed E-state index contributed by atoms with van der Waals surface area (Å²) in [5.74, 6) is 2.22. The van der Waals surface area contributed by atoms with Crippen molar-refractivity contribution in [3.05, 3.63) is 74.4 Å². The number of rotatable bonds is 4. The molecule has 0 spiro atoms. The number of methoxy groups -OCH3 is 2. The Balaban J connectivity index is 1.63. The minimum absolute atomic E-state index is 0.127. The number of para-hydroxylation sites is 1. The quantitative estimate of drug-likeness (QED) is 0.485. The van der Waals surface area contributed by atoms with E-state index in [4.69, 9.17) is 19.3 Å². The first-order valence-corrected chi connectivity index (χ1v) is 10.9. The van der Waals surface area contributed by atoms with Crippen molar-refractivity contribution >= 4 is 33.0 Å². The topological polar surface area (TPSA) is 43.3 Å². The maximum Gasteiger partial charge on any atom is 0.215 e. The van der Waals surface area contributed by atoms with Crippen LogP contribution >= 0.6 is 27.3 Å². The SMILES string of the molecule is COc1cc(Br)c(C2Oc3ccccc3C3CC(c4cccs4)=NN32)cc1OC. The van der Waals surface area contributed by atoms with E-state index in [0.29, 0.717) is 11.5 Å². The molecule has 2 aromatic carbocycles. The maximum absolute atomic E-state index is 6.45. The molecule has 3 heterocycles. The zero-order valence-electron chi connectivity index (χ0n) is 16.0. The summed E-state index contributed by atoms with van der Waals surface area (Å²) < 4.78 is 18.3. The molecule has 7 heteroatoms. The third-order valence-electron chi connectivity index (χ3n) is 5.27. The van der Waals surface area contributed by atoms with Gasteiger partial charge in [0.05, 0.1) is 30.9 Å². The molecule has 0 fully saturated rings. The molecule has 0 radical (unpaired) electrons. The molecular formula is C22H19BrN2O3S. The van der Waals surface area contributed by atoms with E-state index in [1.165, 1.54) is 4.88 Å². The van der Waals surface area contributed by atoms with Gasteiger partial charge < -0.3 is 14.2 Å². The molecule has 2 atom stereocenters. The monoisotopic (exact) mass is 470 g/mol. The molecule has 5 rings (SSSR count). The summed E-state index contributed by atoms with van der Waals surface area (Å²) in [4.78, 5) is 1.20. The Morgan fingerprint density at radius 3 is 2.62 bits per heavy atom. The zero-order valence-corrected chi connectivity index (χ0v) is 18.4. The van der Waals surface area contributed by atoms with Crippen LogP contribution in [0.4, 0.5) is 0 Å². The highest BCUT2D eigenvalue weighted by molar-refractivity contribution is 9.10. The molecule has 3 aromatic rings. The summed E-state index contributed by atoms with van der Waals surface area (Å²) in [6.07, 6.45) is 0.476. The van der Waals surface area contributed by atoms with E-state index in [0.717, 1.165) is 33.5 Å². The summed E-state index contributed by atoms with van der Waals surface area (Å²) in [5, 5.41) is 9.15. The van der Waals surface area contributed by atoms with E-state index in [2.05, 4.69) is 50.6 Å². The van der Waals surface area contributed by atoms with E-state index in [-0.39, 0.29) is 12.3 Å². The van der Waals surface area contributed by atoms with Gasteiger partial charge in [-0.1, -0.05) is 40.2 Å². The van der Waals surface area contributed by atoms with E-state index in [1.54, 1.807) is 25.6 Å². The molecule has 2 aliphatic rings. The molecule has 1 aromatic heterocycles. The fourth-order valence-electron chi connectivity index (χ4n) is 3.89. The molecule has 0 saturated heterocycles. The number of benzene rings is 2. The smallest absolute Gasteiger partial charge is 0.215 e. The maximum atomic E-state index is 6.45. The highest BCUT2D eigenvalue weighted by Crippen LogP contribution is 2.49. The van der Waals surface area contributed by atoms with Crippen molar-refractivity contribution in [1.82, 2.24) is 5.01 Å². The molecule has 0 aliphatic carbocycles. The Labute approximate surface area is 181 Å². The molecule has 0 saturated carbocycles. The van der Waals surface area contributed by atoms with Crippen LogP contribution in [0.25, 0.3) is 0 Å². The Morgan fingerprint density at radius 2 is 1.86 bits per heavy atom. The van der Waals surface area contributed by atoms with Crippen molar-refractivity contribution in [1.29, 1.82) is 0 Å². The third-order valence-corrected chi connectivity index (χ3v) is 6.88. The van der Waals surface area contributed by atoms with Gasteiger partial charge in [-0.3, -0.25) is 0 Å². The molecule has 148 valence electrons. The standard InChI is InChI=1S/C22H19BrN2O3S/c1-26-19-10-14(15(23)11-20(19)27-2)22-25-17(13-6-3-4-7-18(13)28-22)12-16(24-25)21-8-5-9-29-21/h3-11,17,22H,12H2,1-2H3. The fourth-order valence-corrected chi connectivity index (χ4v) is 5.13. The molecule has 5 nitrogen and oxygen atoms in total. The summed E-state index contributed by atoms with van der Waals surface area (Å²) >= 11 is 5.40. The van der Waals surface area contributed by atoms with Crippen molar-refractivity contribution in [2.24, 2.45) is 5.10 Å². The van der Waals surface area contributed by atoms with Crippen LogP contribution in [-0.2, 0) is 0 Å². The summed E-state index contributed by atoms with van der Waals surface area (Å²) in [5.41, 5.74) is 3.20. The number of hydrogen-bond acceptors (Lipinski definition) is 6. The Hall–Kier alpha value is -2.51. The van der Waals surface area contributed by atoms with E-state index < -0.39 is 0 Å². The van der Waals surface area contributed by atoms with Crippen LogP contribution in [0.2, 0.25) is 0 Å². The summed E-state index contributed by atoms with van der Waals surface area (Å²) in [7, 11) is 3.27. The largest absolute Gasteiger partial charge is 0.493 e. The Bertz CT molecular complexity index is 1080. The lowest BCUT2D eigenvalue weighted by molar-refractivity contribution is -0.0196. The Kier molecular flexibility index (Phi) is 4.72. The van der Waals surface area contributed by atoms with Gasteiger partial charge in [0.2, 0.25) is 6.23 Å². The summed E-state index contributed by atoms with van der Waals surface area (Å²) in [6, 6.07) is 16.4. The summed E-state index contributed by atoms with van der Waals surface area (Å²) in [6.45, 7) is 0. The van der Waals surface area contributed by atoms with Crippen molar-refractivity contribution < 1.29 is 14.2 Å². The predicted molar refractivity (Wildman–Crippen MR) is 117 cm³/mol. The van der Waals surface area contributed by atoms with Gasteiger partial charge >= 0.3 is 0 Å². The highest BCUT2D eigenvalue weighted by atomic mass is 79.9. The molecule has 0 N–H and O–H groups in total. The first-order chi connectivity index (χ1) is 14.2.